The fraction of sp³-hybridized carbons (Fsp3) is 0.435. The summed E-state index contributed by atoms with van der Waals surface area (Å²) in [6.07, 6.45) is 2.65. The van der Waals surface area contributed by atoms with Crippen molar-refractivity contribution < 1.29 is 19.0 Å². The van der Waals surface area contributed by atoms with Gasteiger partial charge in [0.25, 0.3) is 0 Å². The summed E-state index contributed by atoms with van der Waals surface area (Å²) in [5, 5.41) is 3.03. The first-order valence-corrected chi connectivity index (χ1v) is 10.1. The van der Waals surface area contributed by atoms with Crippen LogP contribution in [0.15, 0.2) is 42.5 Å². The molecule has 0 aromatic heterocycles. The summed E-state index contributed by atoms with van der Waals surface area (Å²) in [6, 6.07) is 13.7. The van der Waals surface area contributed by atoms with Crippen molar-refractivity contribution in [2.24, 2.45) is 0 Å². The first kappa shape index (κ1) is 20.8. The van der Waals surface area contributed by atoms with E-state index in [-0.39, 0.29) is 12.1 Å². The van der Waals surface area contributed by atoms with Crippen LogP contribution in [0.5, 0.6) is 17.2 Å². The van der Waals surface area contributed by atoms with Crippen molar-refractivity contribution in [2.45, 2.75) is 32.2 Å². The zero-order valence-corrected chi connectivity index (χ0v) is 17.4. The van der Waals surface area contributed by atoms with Crippen LogP contribution in [0.1, 0.15) is 36.4 Å². The molecular formula is C23H30N2O4. The highest BCUT2D eigenvalue weighted by atomic mass is 16.5. The van der Waals surface area contributed by atoms with E-state index >= 15 is 0 Å². The van der Waals surface area contributed by atoms with Gasteiger partial charge in [0.05, 0.1) is 26.9 Å². The maximum Gasteiger partial charge on any atom is 0.317 e. The van der Waals surface area contributed by atoms with Gasteiger partial charge in [-0.2, -0.15) is 0 Å². The minimum atomic E-state index is -0.0405. The van der Waals surface area contributed by atoms with E-state index in [1.807, 2.05) is 54.3 Å². The van der Waals surface area contributed by atoms with Crippen molar-refractivity contribution in [3.05, 3.63) is 53.6 Å². The summed E-state index contributed by atoms with van der Waals surface area (Å²) in [7, 11) is 3.28. The molecule has 1 saturated heterocycles. The molecule has 1 aliphatic rings. The van der Waals surface area contributed by atoms with Gasteiger partial charge in [-0.05, 0) is 49.9 Å². The molecule has 29 heavy (non-hydrogen) atoms. The largest absolute Gasteiger partial charge is 0.497 e. The van der Waals surface area contributed by atoms with Crippen LogP contribution in [-0.2, 0) is 0 Å². The van der Waals surface area contributed by atoms with E-state index in [1.165, 1.54) is 0 Å². The van der Waals surface area contributed by atoms with E-state index in [9.17, 15) is 4.79 Å². The molecule has 2 aromatic rings. The molecule has 0 radical (unpaired) electrons. The number of carbonyl (C=O) groups is 1. The van der Waals surface area contributed by atoms with Gasteiger partial charge in [-0.3, -0.25) is 0 Å². The Morgan fingerprint density at radius 2 is 1.97 bits per heavy atom. The topological polar surface area (TPSA) is 60.0 Å². The number of methoxy groups -OCH3 is 2. The van der Waals surface area contributed by atoms with E-state index in [4.69, 9.17) is 14.2 Å². The number of aryl methyl sites for hydroxylation is 1. The Bertz CT molecular complexity index is 824. The molecule has 0 aliphatic carbocycles. The van der Waals surface area contributed by atoms with Crippen LogP contribution < -0.4 is 19.5 Å². The van der Waals surface area contributed by atoms with Gasteiger partial charge in [-0.1, -0.05) is 18.2 Å². The Kier molecular flexibility index (Phi) is 7.22. The van der Waals surface area contributed by atoms with Crippen molar-refractivity contribution >= 4 is 6.03 Å². The van der Waals surface area contributed by atoms with Gasteiger partial charge >= 0.3 is 6.03 Å². The van der Waals surface area contributed by atoms with Gasteiger partial charge in [0.15, 0.2) is 0 Å². The summed E-state index contributed by atoms with van der Waals surface area (Å²) >= 11 is 0. The monoisotopic (exact) mass is 398 g/mol. The Morgan fingerprint density at radius 1 is 1.14 bits per heavy atom. The molecule has 1 atom stereocenters. The van der Waals surface area contributed by atoms with Crippen molar-refractivity contribution in [3.8, 4) is 17.2 Å². The number of nitrogens with one attached hydrogen (secondary N) is 1. The molecule has 2 amide bonds. The molecule has 1 heterocycles. The average molecular weight is 399 g/mol. The fourth-order valence-electron chi connectivity index (χ4n) is 3.70. The van der Waals surface area contributed by atoms with Crippen LogP contribution in [0, 0.1) is 6.92 Å². The third-order valence-electron chi connectivity index (χ3n) is 5.26. The highest BCUT2D eigenvalue weighted by molar-refractivity contribution is 5.75. The molecule has 156 valence electrons. The first-order valence-electron chi connectivity index (χ1n) is 10.1. The van der Waals surface area contributed by atoms with Gasteiger partial charge < -0.3 is 24.4 Å². The molecule has 0 spiro atoms. The van der Waals surface area contributed by atoms with E-state index < -0.39 is 0 Å². The van der Waals surface area contributed by atoms with E-state index in [1.54, 1.807) is 14.2 Å². The zero-order chi connectivity index (χ0) is 20.6. The van der Waals surface area contributed by atoms with Crippen LogP contribution in [-0.4, -0.2) is 44.8 Å². The molecule has 1 fully saturated rings. The zero-order valence-electron chi connectivity index (χ0n) is 17.4. The molecule has 3 rings (SSSR count). The van der Waals surface area contributed by atoms with E-state index in [2.05, 4.69) is 5.32 Å². The quantitative estimate of drug-likeness (QED) is 0.673. The van der Waals surface area contributed by atoms with Crippen molar-refractivity contribution in [1.82, 2.24) is 10.2 Å². The maximum absolute atomic E-state index is 12.7. The summed E-state index contributed by atoms with van der Waals surface area (Å²) in [5.74, 6) is 2.39. The number of carbonyl (C=O) groups excluding carboxylic acids is 1. The predicted molar refractivity (Wildman–Crippen MR) is 113 cm³/mol. The molecule has 6 nitrogen and oxygen atoms in total. The van der Waals surface area contributed by atoms with Crippen LogP contribution in [0.3, 0.4) is 0 Å². The SMILES string of the molecule is COc1ccc(C2CCCN2C(=O)NCCCOc2ccccc2C)c(OC)c1. The number of para-hydroxylation sites is 1. The molecule has 1 unspecified atom stereocenters. The number of hydrogen-bond acceptors (Lipinski definition) is 4. The van der Waals surface area contributed by atoms with Crippen LogP contribution in [0.2, 0.25) is 0 Å². The fourth-order valence-corrected chi connectivity index (χ4v) is 3.70. The van der Waals surface area contributed by atoms with Gasteiger partial charge in [0.2, 0.25) is 0 Å². The second-order valence-electron chi connectivity index (χ2n) is 7.16. The van der Waals surface area contributed by atoms with Crippen molar-refractivity contribution in [3.63, 3.8) is 0 Å². The Balaban J connectivity index is 1.52. The molecule has 0 bridgehead atoms. The highest BCUT2D eigenvalue weighted by Crippen LogP contribution is 2.38. The Labute approximate surface area is 172 Å². The third-order valence-corrected chi connectivity index (χ3v) is 5.26. The number of ether oxygens (including phenoxy) is 3. The van der Waals surface area contributed by atoms with Gasteiger partial charge in [-0.25, -0.2) is 4.79 Å². The van der Waals surface area contributed by atoms with Gasteiger partial charge in [-0.15, -0.1) is 0 Å². The van der Waals surface area contributed by atoms with Crippen molar-refractivity contribution in [1.29, 1.82) is 0 Å². The van der Waals surface area contributed by atoms with Gasteiger partial charge in [0.1, 0.15) is 17.2 Å². The lowest BCUT2D eigenvalue weighted by molar-refractivity contribution is 0.191. The summed E-state index contributed by atoms with van der Waals surface area (Å²) in [5.41, 5.74) is 2.13. The standard InChI is InChI=1S/C23H30N2O4/c1-17-8-4-5-10-21(17)29-15-7-13-24-23(26)25-14-6-9-20(25)19-12-11-18(27-2)16-22(19)28-3/h4-5,8,10-12,16,20H,6-7,9,13-15H2,1-3H3,(H,24,26). The minimum absolute atomic E-state index is 0.0130. The Hall–Kier alpha value is -2.89. The normalized spacial score (nSPS) is 15.8. The average Bonchev–Trinajstić information content (AvgIpc) is 3.24. The lowest BCUT2D eigenvalue weighted by atomic mass is 10.0. The predicted octanol–water partition coefficient (Wildman–Crippen LogP) is 4.33. The second-order valence-corrected chi connectivity index (χ2v) is 7.16. The molecule has 0 saturated carbocycles. The highest BCUT2D eigenvalue weighted by Gasteiger charge is 2.31. The Morgan fingerprint density at radius 3 is 2.72 bits per heavy atom. The number of amides is 2. The minimum Gasteiger partial charge on any atom is -0.497 e. The van der Waals surface area contributed by atoms with Crippen LogP contribution in [0.25, 0.3) is 0 Å². The molecular weight excluding hydrogens is 368 g/mol. The number of rotatable bonds is 8. The van der Waals surface area contributed by atoms with Crippen molar-refractivity contribution in [2.75, 3.05) is 33.9 Å². The summed E-state index contributed by atoms with van der Waals surface area (Å²) in [6.45, 7) is 3.91. The molecule has 6 heteroatoms. The van der Waals surface area contributed by atoms with Crippen LogP contribution >= 0.6 is 0 Å². The lowest BCUT2D eigenvalue weighted by Crippen LogP contribution is -2.40. The maximum atomic E-state index is 12.7. The summed E-state index contributed by atoms with van der Waals surface area (Å²) in [4.78, 5) is 14.6. The van der Waals surface area contributed by atoms with Crippen LogP contribution in [0.4, 0.5) is 4.79 Å². The number of hydrogen-bond donors (Lipinski definition) is 1. The number of benzene rings is 2. The lowest BCUT2D eigenvalue weighted by Gasteiger charge is -2.26. The number of urea groups is 1. The summed E-state index contributed by atoms with van der Waals surface area (Å²) < 4.78 is 16.6. The third kappa shape index (κ3) is 5.13. The van der Waals surface area contributed by atoms with E-state index in [0.717, 1.165) is 54.2 Å². The molecule has 2 aromatic carbocycles. The first-order chi connectivity index (χ1) is 14.1. The molecule has 1 aliphatic heterocycles. The van der Waals surface area contributed by atoms with Gasteiger partial charge in [0, 0.05) is 24.7 Å². The van der Waals surface area contributed by atoms with E-state index in [0.29, 0.717) is 13.2 Å². The second kappa shape index (κ2) is 10.0. The number of likely N-dealkylation sites (tertiary alicyclic amines) is 1. The smallest absolute Gasteiger partial charge is 0.317 e. The molecule has 1 N–H and O–H groups in total. The number of nitrogens with zero attached hydrogens (tertiary/aromatic N) is 1.